The van der Waals surface area contributed by atoms with Gasteiger partial charge in [-0.3, -0.25) is 14.4 Å². The molecule has 17 heteroatoms. The fourth-order valence-corrected chi connectivity index (χ4v) is 8.18. The third-order valence-electron chi connectivity index (χ3n) is 10.5. The lowest BCUT2D eigenvalue weighted by Gasteiger charge is -2.36. The van der Waals surface area contributed by atoms with Crippen molar-refractivity contribution in [2.24, 2.45) is 11.3 Å². The van der Waals surface area contributed by atoms with Gasteiger partial charge < -0.3 is 29.7 Å². The Bertz CT molecular complexity index is 2050. The van der Waals surface area contributed by atoms with E-state index in [-0.39, 0.29) is 25.3 Å². The Morgan fingerprint density at radius 2 is 1.81 bits per heavy atom. The molecule has 2 aliphatic carbocycles. The van der Waals surface area contributed by atoms with Crippen LogP contribution in [0.5, 0.6) is 5.75 Å². The predicted octanol–water partition coefficient (Wildman–Crippen LogP) is 4.85. The lowest BCUT2D eigenvalue weighted by molar-refractivity contribution is -0.143. The van der Waals surface area contributed by atoms with Crippen molar-refractivity contribution in [2.75, 3.05) is 13.7 Å². The number of aryl methyl sites for hydroxylation is 1. The van der Waals surface area contributed by atoms with Gasteiger partial charge in [0.15, 0.2) is 0 Å². The maximum absolute atomic E-state index is 14.7. The Morgan fingerprint density at radius 1 is 1.12 bits per heavy atom. The van der Waals surface area contributed by atoms with Crippen molar-refractivity contribution in [2.45, 2.75) is 129 Å². The normalized spacial score (nSPS) is 23.3. The van der Waals surface area contributed by atoms with Crippen LogP contribution in [0.3, 0.4) is 0 Å². The number of alkyl carbamates (subject to hydrolysis) is 1. The van der Waals surface area contributed by atoms with Crippen LogP contribution >= 0.6 is 0 Å². The molecule has 2 heterocycles. The number of ether oxygens (including phenoxy) is 3. The van der Waals surface area contributed by atoms with E-state index >= 15 is 0 Å². The molecule has 5 rings (SSSR count). The zero-order valence-electron chi connectivity index (χ0n) is 35.1. The standard InChI is InChI=1S/C41H58N6O10S/c1-12-27-23-41(27,36(50)45-58(52,53)57-40(10)16-17-40)44-34(48)31-22-29(24-46(31)35(49)33(38(4,5)6)43-37(51)56-39(7,8)9)55-32(21-26(3)47-19-13-18-42-47)30-15-14-28(54-11)20-25(30)2/h13-15,18-21,27,29,31,33H,3,12,16-17,22-24H2,1-2,4-11H3,(H,43,51)(H,44,48)(H,45,50)/b32-21+/t27-,29-,31+,33-,41-/m1/s1. The van der Waals surface area contributed by atoms with Crippen LogP contribution in [0.1, 0.15) is 98.6 Å². The van der Waals surface area contributed by atoms with Gasteiger partial charge in [0.05, 0.1) is 25.0 Å². The lowest BCUT2D eigenvalue weighted by atomic mass is 9.85. The number of carbonyl (C=O) groups is 4. The highest BCUT2D eigenvalue weighted by Crippen LogP contribution is 2.47. The second kappa shape index (κ2) is 16.4. The summed E-state index contributed by atoms with van der Waals surface area (Å²) in [5.74, 6) is -1.54. The highest BCUT2D eigenvalue weighted by atomic mass is 32.2. The second-order valence-electron chi connectivity index (χ2n) is 17.7. The molecule has 58 heavy (non-hydrogen) atoms. The summed E-state index contributed by atoms with van der Waals surface area (Å²) in [6.07, 6.45) is 5.15. The van der Waals surface area contributed by atoms with Gasteiger partial charge in [0.2, 0.25) is 11.8 Å². The maximum atomic E-state index is 14.7. The second-order valence-corrected chi connectivity index (χ2v) is 19.0. The number of nitrogens with zero attached hydrogens (tertiary/aromatic N) is 3. The molecule has 16 nitrogen and oxygen atoms in total. The Hall–Kier alpha value is -4.90. The first kappa shape index (κ1) is 44.2. The number of nitrogens with one attached hydrogen (secondary N) is 3. The Kier molecular flexibility index (Phi) is 12.5. The molecule has 0 radical (unpaired) electrons. The van der Waals surface area contributed by atoms with Crippen molar-refractivity contribution in [3.05, 3.63) is 60.4 Å². The molecule has 0 bridgehead atoms. The number of rotatable bonds is 15. The molecule has 3 fully saturated rings. The van der Waals surface area contributed by atoms with E-state index in [4.69, 9.17) is 18.4 Å². The first-order valence-corrected chi connectivity index (χ1v) is 20.9. The van der Waals surface area contributed by atoms with Gasteiger partial charge in [0, 0.05) is 30.5 Å². The van der Waals surface area contributed by atoms with Gasteiger partial charge in [-0.2, -0.15) is 13.5 Å². The quantitative estimate of drug-likeness (QED) is 0.164. The zero-order valence-corrected chi connectivity index (χ0v) is 35.9. The monoisotopic (exact) mass is 826 g/mol. The SMILES string of the molecule is C=C(/C=C(/O[C@@H]1C[C@@H](C(=O)N[C@]2(C(=O)NS(=O)(=O)OC3(C)CC3)C[C@H]2CC)N(C(=O)[C@@H](NC(=O)OC(C)(C)C)C(C)(C)C)C1)c1ccc(OC)cc1C)n1cccn1. The summed E-state index contributed by atoms with van der Waals surface area (Å²) in [7, 11) is -2.91. The molecular weight excluding hydrogens is 769 g/mol. The van der Waals surface area contributed by atoms with Crippen molar-refractivity contribution < 1.29 is 46.0 Å². The number of aromatic nitrogens is 2. The Morgan fingerprint density at radius 3 is 2.34 bits per heavy atom. The molecule has 1 aliphatic heterocycles. The van der Waals surface area contributed by atoms with Crippen LogP contribution in [0, 0.1) is 18.3 Å². The van der Waals surface area contributed by atoms with Gasteiger partial charge in [-0.05, 0) is 95.0 Å². The highest BCUT2D eigenvalue weighted by molar-refractivity contribution is 7.85. The minimum absolute atomic E-state index is 0.0179. The van der Waals surface area contributed by atoms with Crippen LogP contribution < -0.4 is 20.1 Å². The molecule has 5 atom stereocenters. The molecule has 0 unspecified atom stereocenters. The van der Waals surface area contributed by atoms with Crippen LogP contribution in [0.4, 0.5) is 4.79 Å². The largest absolute Gasteiger partial charge is 0.497 e. The summed E-state index contributed by atoms with van der Waals surface area (Å²) in [6.45, 7) is 19.9. The number of hydrogen-bond donors (Lipinski definition) is 3. The minimum atomic E-state index is -4.48. The fraction of sp³-hybridized carbons (Fsp3) is 0.585. The van der Waals surface area contributed by atoms with E-state index in [0.717, 1.165) is 5.56 Å². The van der Waals surface area contributed by atoms with Gasteiger partial charge in [0.25, 0.3) is 5.91 Å². The molecule has 3 N–H and O–H groups in total. The summed E-state index contributed by atoms with van der Waals surface area (Å²) >= 11 is 0. The number of carbonyl (C=O) groups excluding carboxylic acids is 4. The van der Waals surface area contributed by atoms with Crippen molar-refractivity contribution in [1.29, 1.82) is 0 Å². The summed E-state index contributed by atoms with van der Waals surface area (Å²) in [6, 6.07) is 4.87. The van der Waals surface area contributed by atoms with Gasteiger partial charge in [-0.15, -0.1) is 0 Å². The molecule has 2 saturated carbocycles. The molecule has 3 aliphatic rings. The molecular formula is C41H58N6O10S. The first-order valence-electron chi connectivity index (χ1n) is 19.5. The van der Waals surface area contributed by atoms with E-state index in [1.807, 2.05) is 30.7 Å². The molecule has 2 aromatic rings. The molecule has 1 saturated heterocycles. The molecule has 1 aromatic heterocycles. The molecule has 1 aromatic carbocycles. The molecule has 4 amide bonds. The van der Waals surface area contributed by atoms with Crippen molar-refractivity contribution >= 4 is 45.6 Å². The minimum Gasteiger partial charge on any atom is -0.497 e. The van der Waals surface area contributed by atoms with Crippen LogP contribution in [0.25, 0.3) is 11.5 Å². The van der Waals surface area contributed by atoms with Gasteiger partial charge in [0.1, 0.15) is 40.8 Å². The van der Waals surface area contributed by atoms with Crippen molar-refractivity contribution in [1.82, 2.24) is 30.0 Å². The number of amides is 4. The van der Waals surface area contributed by atoms with Gasteiger partial charge in [-0.1, -0.05) is 40.7 Å². The topological polar surface area (TPSA) is 196 Å². The van der Waals surface area contributed by atoms with Gasteiger partial charge >= 0.3 is 16.4 Å². The maximum Gasteiger partial charge on any atom is 0.408 e. The molecule has 0 spiro atoms. The van der Waals surface area contributed by atoms with Crippen molar-refractivity contribution in [3.63, 3.8) is 0 Å². The zero-order chi connectivity index (χ0) is 43.0. The fourth-order valence-electron chi connectivity index (χ4n) is 7.03. The predicted molar refractivity (Wildman–Crippen MR) is 216 cm³/mol. The summed E-state index contributed by atoms with van der Waals surface area (Å²) < 4.78 is 52.2. The number of benzene rings is 1. The number of methoxy groups -OCH3 is 1. The van der Waals surface area contributed by atoms with Crippen molar-refractivity contribution in [3.8, 4) is 5.75 Å². The van der Waals surface area contributed by atoms with E-state index in [0.29, 0.717) is 42.0 Å². The first-order chi connectivity index (χ1) is 26.9. The lowest BCUT2D eigenvalue weighted by Crippen LogP contribution is -2.60. The highest BCUT2D eigenvalue weighted by Gasteiger charge is 2.62. The van der Waals surface area contributed by atoms with Crippen LogP contribution in [0.2, 0.25) is 0 Å². The molecule has 318 valence electrons. The number of likely N-dealkylation sites (tertiary alicyclic amines) is 1. The average molecular weight is 827 g/mol. The number of hydrogen-bond acceptors (Lipinski definition) is 11. The summed E-state index contributed by atoms with van der Waals surface area (Å²) in [5.41, 5.74) is -2.15. The van der Waals surface area contributed by atoms with E-state index in [1.165, 1.54) is 4.90 Å². The van der Waals surface area contributed by atoms with Crippen LogP contribution in [0.15, 0.2) is 49.3 Å². The van der Waals surface area contributed by atoms with Crippen LogP contribution in [-0.2, 0) is 38.3 Å². The van der Waals surface area contributed by atoms with E-state index < -0.39 is 74.5 Å². The summed E-state index contributed by atoms with van der Waals surface area (Å²) in [4.78, 5) is 57.4. The Labute approximate surface area is 341 Å². The summed E-state index contributed by atoms with van der Waals surface area (Å²) in [5, 5.41) is 9.84. The third kappa shape index (κ3) is 10.6. The Balaban J connectivity index is 1.49. The van der Waals surface area contributed by atoms with E-state index in [2.05, 4.69) is 22.3 Å². The smallest absolute Gasteiger partial charge is 0.408 e. The third-order valence-corrected chi connectivity index (χ3v) is 11.6. The number of allylic oxidation sites excluding steroid dienone is 2. The van der Waals surface area contributed by atoms with Gasteiger partial charge in [-0.25, -0.2) is 18.4 Å². The van der Waals surface area contributed by atoms with Crippen LogP contribution in [-0.4, -0.2) is 95.5 Å². The van der Waals surface area contributed by atoms with E-state index in [1.54, 1.807) is 90.9 Å². The van der Waals surface area contributed by atoms with E-state index in [9.17, 15) is 27.6 Å². The average Bonchev–Trinajstić information content (AvgIpc) is 3.82.